The summed E-state index contributed by atoms with van der Waals surface area (Å²) in [6, 6.07) is 6.52. The zero-order valence-corrected chi connectivity index (χ0v) is 11.8. The van der Waals surface area contributed by atoms with Gasteiger partial charge in [0, 0.05) is 30.7 Å². The van der Waals surface area contributed by atoms with Gasteiger partial charge in [0.1, 0.15) is 0 Å². The molecule has 1 saturated heterocycles. The predicted octanol–water partition coefficient (Wildman–Crippen LogP) is 2.03. The molecule has 1 aliphatic heterocycles. The Hall–Kier alpha value is -1.88. The summed E-state index contributed by atoms with van der Waals surface area (Å²) in [6.45, 7) is 2.25. The van der Waals surface area contributed by atoms with E-state index in [4.69, 9.17) is 9.84 Å². The first-order chi connectivity index (χ1) is 10.1. The SMILES string of the molecule is O=C(O)c1ccc(C(=O)N(C[C@H]2CCOC2)C2CC2)cc1. The van der Waals surface area contributed by atoms with Crippen LogP contribution in [-0.2, 0) is 4.74 Å². The highest BCUT2D eigenvalue weighted by Gasteiger charge is 2.35. The van der Waals surface area contributed by atoms with E-state index in [2.05, 4.69) is 0 Å². The Balaban J connectivity index is 1.72. The van der Waals surface area contributed by atoms with Crippen LogP contribution in [-0.4, -0.2) is 47.7 Å². The largest absolute Gasteiger partial charge is 0.478 e. The minimum atomic E-state index is -0.976. The number of amides is 1. The third-order valence-corrected chi connectivity index (χ3v) is 4.11. The van der Waals surface area contributed by atoms with E-state index in [1.54, 1.807) is 12.1 Å². The monoisotopic (exact) mass is 289 g/mol. The molecule has 21 heavy (non-hydrogen) atoms. The summed E-state index contributed by atoms with van der Waals surface area (Å²) in [5.41, 5.74) is 0.763. The van der Waals surface area contributed by atoms with Gasteiger partial charge in [-0.3, -0.25) is 4.79 Å². The molecular weight excluding hydrogens is 270 g/mol. The van der Waals surface area contributed by atoms with E-state index in [1.807, 2.05) is 4.90 Å². The molecule has 1 amide bonds. The molecule has 0 unspecified atom stereocenters. The number of carboxylic acid groups (broad SMARTS) is 1. The van der Waals surface area contributed by atoms with Crippen LogP contribution in [0, 0.1) is 5.92 Å². The van der Waals surface area contributed by atoms with Crippen molar-refractivity contribution in [3.8, 4) is 0 Å². The maximum atomic E-state index is 12.6. The van der Waals surface area contributed by atoms with Crippen LogP contribution in [0.3, 0.4) is 0 Å². The van der Waals surface area contributed by atoms with Crippen molar-refractivity contribution in [2.75, 3.05) is 19.8 Å². The van der Waals surface area contributed by atoms with Gasteiger partial charge in [-0.05, 0) is 43.5 Å². The fraction of sp³-hybridized carbons (Fsp3) is 0.500. The molecule has 1 aliphatic carbocycles. The van der Waals surface area contributed by atoms with Gasteiger partial charge in [-0.2, -0.15) is 0 Å². The molecule has 0 spiro atoms. The summed E-state index contributed by atoms with van der Waals surface area (Å²) in [5.74, 6) is -0.551. The number of rotatable bonds is 5. The van der Waals surface area contributed by atoms with Gasteiger partial charge in [0.25, 0.3) is 5.91 Å². The molecule has 0 aromatic heterocycles. The number of carboxylic acids is 1. The van der Waals surface area contributed by atoms with Crippen LogP contribution in [0.2, 0.25) is 0 Å². The molecule has 1 aromatic carbocycles. The smallest absolute Gasteiger partial charge is 0.335 e. The minimum absolute atomic E-state index is 0.00124. The Morgan fingerprint density at radius 1 is 1.14 bits per heavy atom. The highest BCUT2D eigenvalue weighted by atomic mass is 16.5. The van der Waals surface area contributed by atoms with E-state index >= 15 is 0 Å². The zero-order chi connectivity index (χ0) is 14.8. The summed E-state index contributed by atoms with van der Waals surface area (Å²) >= 11 is 0. The molecule has 0 radical (unpaired) electrons. The van der Waals surface area contributed by atoms with E-state index < -0.39 is 5.97 Å². The van der Waals surface area contributed by atoms with Crippen molar-refractivity contribution in [1.29, 1.82) is 0 Å². The van der Waals surface area contributed by atoms with Crippen LogP contribution in [0.25, 0.3) is 0 Å². The number of nitrogens with zero attached hydrogens (tertiary/aromatic N) is 1. The van der Waals surface area contributed by atoms with Crippen LogP contribution in [0.4, 0.5) is 0 Å². The molecule has 5 nitrogen and oxygen atoms in total. The Labute approximate surface area is 123 Å². The highest BCUT2D eigenvalue weighted by molar-refractivity contribution is 5.96. The van der Waals surface area contributed by atoms with E-state index in [-0.39, 0.29) is 11.5 Å². The normalized spacial score (nSPS) is 21.2. The third kappa shape index (κ3) is 3.24. The number of carbonyl (C=O) groups is 2. The van der Waals surface area contributed by atoms with Crippen molar-refractivity contribution < 1.29 is 19.4 Å². The molecule has 1 heterocycles. The van der Waals surface area contributed by atoms with Crippen LogP contribution in [0.15, 0.2) is 24.3 Å². The molecule has 1 saturated carbocycles. The van der Waals surface area contributed by atoms with Gasteiger partial charge < -0.3 is 14.7 Å². The Morgan fingerprint density at radius 3 is 2.33 bits per heavy atom. The molecule has 0 bridgehead atoms. The van der Waals surface area contributed by atoms with Crippen LogP contribution < -0.4 is 0 Å². The average Bonchev–Trinajstić information content (AvgIpc) is 3.20. The number of aromatic carboxylic acids is 1. The first-order valence-electron chi connectivity index (χ1n) is 7.37. The molecular formula is C16H19NO4. The Morgan fingerprint density at radius 2 is 1.81 bits per heavy atom. The lowest BCUT2D eigenvalue weighted by Gasteiger charge is -2.25. The number of ether oxygens (including phenoxy) is 1. The van der Waals surface area contributed by atoms with Gasteiger partial charge in [0.05, 0.1) is 12.2 Å². The first-order valence-corrected chi connectivity index (χ1v) is 7.37. The minimum Gasteiger partial charge on any atom is -0.478 e. The lowest BCUT2D eigenvalue weighted by Crippen LogP contribution is -2.37. The highest BCUT2D eigenvalue weighted by Crippen LogP contribution is 2.30. The molecule has 3 rings (SSSR count). The van der Waals surface area contributed by atoms with Crippen LogP contribution in [0.1, 0.15) is 40.0 Å². The molecule has 1 atom stereocenters. The van der Waals surface area contributed by atoms with Crippen molar-refractivity contribution in [3.05, 3.63) is 35.4 Å². The topological polar surface area (TPSA) is 66.8 Å². The molecule has 1 aromatic rings. The van der Waals surface area contributed by atoms with Gasteiger partial charge in [0.15, 0.2) is 0 Å². The lowest BCUT2D eigenvalue weighted by atomic mass is 10.1. The van der Waals surface area contributed by atoms with Gasteiger partial charge in [-0.25, -0.2) is 4.79 Å². The number of benzene rings is 1. The molecule has 1 N–H and O–H groups in total. The van der Waals surface area contributed by atoms with Crippen molar-refractivity contribution >= 4 is 11.9 Å². The number of hydrogen-bond acceptors (Lipinski definition) is 3. The van der Waals surface area contributed by atoms with E-state index in [1.165, 1.54) is 12.1 Å². The van der Waals surface area contributed by atoms with Crippen LogP contribution in [0.5, 0.6) is 0 Å². The van der Waals surface area contributed by atoms with Crippen molar-refractivity contribution in [2.45, 2.75) is 25.3 Å². The second kappa shape index (κ2) is 5.85. The molecule has 2 fully saturated rings. The maximum Gasteiger partial charge on any atom is 0.335 e. The van der Waals surface area contributed by atoms with Crippen molar-refractivity contribution in [1.82, 2.24) is 4.90 Å². The molecule has 5 heteroatoms. The van der Waals surface area contributed by atoms with E-state index in [0.29, 0.717) is 17.5 Å². The van der Waals surface area contributed by atoms with Gasteiger partial charge in [0.2, 0.25) is 0 Å². The first kappa shape index (κ1) is 14.1. The van der Waals surface area contributed by atoms with E-state index in [0.717, 1.165) is 39.0 Å². The van der Waals surface area contributed by atoms with Crippen molar-refractivity contribution in [2.24, 2.45) is 5.92 Å². The zero-order valence-electron chi connectivity index (χ0n) is 11.8. The van der Waals surface area contributed by atoms with Gasteiger partial charge in [-0.1, -0.05) is 0 Å². The lowest BCUT2D eigenvalue weighted by molar-refractivity contribution is 0.0687. The fourth-order valence-electron chi connectivity index (χ4n) is 2.71. The quantitative estimate of drug-likeness (QED) is 0.900. The van der Waals surface area contributed by atoms with E-state index in [9.17, 15) is 9.59 Å². The summed E-state index contributed by atoms with van der Waals surface area (Å²) in [6.07, 6.45) is 3.13. The third-order valence-electron chi connectivity index (χ3n) is 4.11. The fourth-order valence-corrected chi connectivity index (χ4v) is 2.71. The summed E-state index contributed by atoms with van der Waals surface area (Å²) in [7, 11) is 0. The van der Waals surface area contributed by atoms with Crippen molar-refractivity contribution in [3.63, 3.8) is 0 Å². The maximum absolute atomic E-state index is 12.6. The summed E-state index contributed by atoms with van der Waals surface area (Å²) in [5, 5.41) is 8.90. The Bertz CT molecular complexity index is 530. The second-order valence-electron chi connectivity index (χ2n) is 5.80. The number of hydrogen-bond donors (Lipinski definition) is 1. The average molecular weight is 289 g/mol. The van der Waals surface area contributed by atoms with Crippen LogP contribution >= 0.6 is 0 Å². The summed E-state index contributed by atoms with van der Waals surface area (Å²) in [4.78, 5) is 25.4. The predicted molar refractivity (Wildman–Crippen MR) is 76.4 cm³/mol. The number of carbonyl (C=O) groups excluding carboxylic acids is 1. The summed E-state index contributed by atoms with van der Waals surface area (Å²) < 4.78 is 5.38. The van der Waals surface area contributed by atoms with Gasteiger partial charge in [-0.15, -0.1) is 0 Å². The standard InChI is InChI=1S/C16H19NO4/c18-15(12-1-3-13(4-2-12)16(19)20)17(14-5-6-14)9-11-7-8-21-10-11/h1-4,11,14H,5-10H2,(H,19,20)/t11-/m1/s1. The molecule has 112 valence electrons. The van der Waals surface area contributed by atoms with Gasteiger partial charge >= 0.3 is 5.97 Å². The second-order valence-corrected chi connectivity index (χ2v) is 5.80. The molecule has 2 aliphatic rings. The Kier molecular flexibility index (Phi) is 3.92.